The number of carbonyl (C=O) groups excluding carboxylic acids is 1. The van der Waals surface area contributed by atoms with Crippen LogP contribution in [0.4, 0.5) is 4.79 Å². The van der Waals surface area contributed by atoms with E-state index in [-0.39, 0.29) is 5.52 Å². The van der Waals surface area contributed by atoms with E-state index in [2.05, 4.69) is 15.2 Å². The minimum atomic E-state index is -0.867. The molecule has 1 amide bonds. The van der Waals surface area contributed by atoms with Gasteiger partial charge in [-0.05, 0) is 0 Å². The van der Waals surface area contributed by atoms with Crippen LogP contribution in [-0.2, 0) is 0 Å². The number of nitrogens with one attached hydrogen (secondary N) is 1. The Balaban J connectivity index is 2.89. The highest BCUT2D eigenvalue weighted by Gasteiger charge is 2.07. The first-order chi connectivity index (χ1) is 6.20. The quantitative estimate of drug-likeness (QED) is 0.543. The fraction of sp³-hybridized carbons (Fsp3) is 0. The van der Waals surface area contributed by atoms with Crippen LogP contribution in [0.25, 0.3) is 11.0 Å². The molecule has 0 aliphatic rings. The molecule has 2 heterocycles. The fourth-order valence-electron chi connectivity index (χ4n) is 0.985. The van der Waals surface area contributed by atoms with E-state index in [0.29, 0.717) is 10.1 Å². The van der Waals surface area contributed by atoms with Gasteiger partial charge in [0.15, 0.2) is 0 Å². The molecule has 0 aromatic carbocycles. The van der Waals surface area contributed by atoms with Crippen LogP contribution in [-0.4, -0.2) is 25.8 Å². The fourth-order valence-corrected chi connectivity index (χ4v) is 0.985. The molecule has 0 atom stereocenters. The van der Waals surface area contributed by atoms with E-state index in [1.165, 1.54) is 6.20 Å². The molecule has 2 rings (SSSR count). The molecule has 2 aromatic rings. The van der Waals surface area contributed by atoms with Crippen LogP contribution >= 0.6 is 0 Å². The van der Waals surface area contributed by atoms with Gasteiger partial charge >= 0.3 is 6.03 Å². The number of aromatic amines is 1. The molecular formula is C6H5N5O2. The summed E-state index contributed by atoms with van der Waals surface area (Å²) >= 11 is 0. The van der Waals surface area contributed by atoms with Crippen LogP contribution in [0.15, 0.2) is 17.3 Å². The van der Waals surface area contributed by atoms with Crippen molar-refractivity contribution >= 4 is 17.1 Å². The molecule has 0 saturated heterocycles. The molecule has 66 valence electrons. The third kappa shape index (κ3) is 0.975. The smallest absolute Gasteiger partial charge is 0.327 e. The van der Waals surface area contributed by atoms with Gasteiger partial charge in [-0.25, -0.2) is 14.3 Å². The van der Waals surface area contributed by atoms with Gasteiger partial charge in [0, 0.05) is 0 Å². The predicted molar refractivity (Wildman–Crippen MR) is 43.1 cm³/mol. The predicted octanol–water partition coefficient (Wildman–Crippen LogP) is -0.954. The van der Waals surface area contributed by atoms with E-state index >= 15 is 0 Å². The van der Waals surface area contributed by atoms with Crippen molar-refractivity contribution in [1.29, 1.82) is 0 Å². The van der Waals surface area contributed by atoms with Crippen molar-refractivity contribution < 1.29 is 4.79 Å². The van der Waals surface area contributed by atoms with Gasteiger partial charge in [0.1, 0.15) is 17.4 Å². The SMILES string of the molecule is NC(=O)n1cnc2cn[nH]c2c1=O. The number of primary amides is 1. The number of nitrogens with two attached hydrogens (primary N) is 1. The standard InChI is InChI=1S/C6H5N5O2/c7-6(13)11-2-8-3-1-9-10-4(3)5(11)12/h1-2H,(H2,7,13)(H,9,10). The number of amides is 1. The Hall–Kier alpha value is -2.18. The average Bonchev–Trinajstić information content (AvgIpc) is 2.52. The van der Waals surface area contributed by atoms with Gasteiger partial charge < -0.3 is 5.73 Å². The highest BCUT2D eigenvalue weighted by molar-refractivity contribution is 5.79. The zero-order valence-electron chi connectivity index (χ0n) is 6.39. The minimum Gasteiger partial charge on any atom is -0.351 e. The van der Waals surface area contributed by atoms with E-state index in [0.717, 1.165) is 6.33 Å². The molecule has 3 N–H and O–H groups in total. The van der Waals surface area contributed by atoms with Gasteiger partial charge in [-0.1, -0.05) is 0 Å². The van der Waals surface area contributed by atoms with Crippen molar-refractivity contribution in [3.63, 3.8) is 0 Å². The Morgan fingerprint density at radius 3 is 3.08 bits per heavy atom. The lowest BCUT2D eigenvalue weighted by atomic mass is 10.5. The van der Waals surface area contributed by atoms with E-state index in [9.17, 15) is 9.59 Å². The highest BCUT2D eigenvalue weighted by Crippen LogP contribution is 1.98. The number of hydrogen-bond donors (Lipinski definition) is 2. The number of aromatic nitrogens is 4. The molecule has 2 aromatic heterocycles. The molecule has 0 spiro atoms. The summed E-state index contributed by atoms with van der Waals surface area (Å²) in [7, 11) is 0. The Morgan fingerprint density at radius 2 is 2.38 bits per heavy atom. The number of fused-ring (bicyclic) bond motifs is 1. The van der Waals surface area contributed by atoms with Crippen LogP contribution in [0.1, 0.15) is 0 Å². The second-order valence-corrected chi connectivity index (χ2v) is 2.39. The molecule has 0 aliphatic carbocycles. The van der Waals surface area contributed by atoms with Gasteiger partial charge in [-0.2, -0.15) is 5.10 Å². The molecule has 0 radical (unpaired) electrons. The third-order valence-electron chi connectivity index (χ3n) is 1.60. The van der Waals surface area contributed by atoms with Crippen molar-refractivity contribution in [1.82, 2.24) is 19.7 Å². The van der Waals surface area contributed by atoms with Crippen molar-refractivity contribution in [2.75, 3.05) is 0 Å². The van der Waals surface area contributed by atoms with Crippen LogP contribution in [0.3, 0.4) is 0 Å². The first-order valence-electron chi connectivity index (χ1n) is 3.40. The summed E-state index contributed by atoms with van der Waals surface area (Å²) in [5.41, 5.74) is 4.95. The summed E-state index contributed by atoms with van der Waals surface area (Å²) in [6.07, 6.45) is 2.46. The van der Waals surface area contributed by atoms with Crippen molar-refractivity contribution in [2.24, 2.45) is 5.73 Å². The van der Waals surface area contributed by atoms with Crippen molar-refractivity contribution in [3.8, 4) is 0 Å². The van der Waals surface area contributed by atoms with Gasteiger partial charge in [0.05, 0.1) is 6.20 Å². The summed E-state index contributed by atoms with van der Waals surface area (Å²) < 4.78 is 0.709. The number of carbonyl (C=O) groups is 1. The third-order valence-corrected chi connectivity index (χ3v) is 1.60. The van der Waals surface area contributed by atoms with E-state index in [1.807, 2.05) is 0 Å². The first kappa shape index (κ1) is 7.47. The van der Waals surface area contributed by atoms with Gasteiger partial charge in [0.2, 0.25) is 0 Å². The van der Waals surface area contributed by atoms with Gasteiger partial charge in [-0.3, -0.25) is 9.89 Å². The summed E-state index contributed by atoms with van der Waals surface area (Å²) in [6.45, 7) is 0. The van der Waals surface area contributed by atoms with E-state index in [4.69, 9.17) is 5.73 Å². The highest BCUT2D eigenvalue weighted by atomic mass is 16.2. The lowest BCUT2D eigenvalue weighted by Crippen LogP contribution is -2.31. The molecule has 0 aliphatic heterocycles. The summed E-state index contributed by atoms with van der Waals surface area (Å²) in [5.74, 6) is 0. The molecule has 0 saturated carbocycles. The van der Waals surface area contributed by atoms with Crippen LogP contribution in [0.5, 0.6) is 0 Å². The lowest BCUT2D eigenvalue weighted by molar-refractivity contribution is 0.249. The number of rotatable bonds is 0. The second kappa shape index (κ2) is 2.41. The van der Waals surface area contributed by atoms with E-state index in [1.54, 1.807) is 0 Å². The molecular weight excluding hydrogens is 174 g/mol. The average molecular weight is 179 g/mol. The normalized spacial score (nSPS) is 10.5. The Labute approximate surface area is 71.2 Å². The van der Waals surface area contributed by atoms with Crippen LogP contribution in [0, 0.1) is 0 Å². The molecule has 13 heavy (non-hydrogen) atoms. The maximum atomic E-state index is 11.4. The molecule has 7 heteroatoms. The Morgan fingerprint density at radius 1 is 1.62 bits per heavy atom. The van der Waals surface area contributed by atoms with Crippen LogP contribution < -0.4 is 11.3 Å². The number of nitrogens with zero attached hydrogens (tertiary/aromatic N) is 3. The first-order valence-corrected chi connectivity index (χ1v) is 3.40. The summed E-state index contributed by atoms with van der Waals surface area (Å²) in [4.78, 5) is 25.9. The number of hydrogen-bond acceptors (Lipinski definition) is 4. The molecule has 0 fully saturated rings. The zero-order chi connectivity index (χ0) is 9.42. The van der Waals surface area contributed by atoms with Crippen molar-refractivity contribution in [3.05, 3.63) is 22.9 Å². The molecule has 0 unspecified atom stereocenters. The second-order valence-electron chi connectivity index (χ2n) is 2.39. The van der Waals surface area contributed by atoms with Crippen molar-refractivity contribution in [2.45, 2.75) is 0 Å². The van der Waals surface area contributed by atoms with Gasteiger partial charge in [0.25, 0.3) is 5.56 Å². The van der Waals surface area contributed by atoms with E-state index < -0.39 is 11.6 Å². The lowest BCUT2D eigenvalue weighted by Gasteiger charge is -1.96. The Kier molecular flexibility index (Phi) is 1.38. The maximum Gasteiger partial charge on any atom is 0.327 e. The monoisotopic (exact) mass is 179 g/mol. The van der Waals surface area contributed by atoms with Crippen LogP contribution in [0.2, 0.25) is 0 Å². The zero-order valence-corrected chi connectivity index (χ0v) is 6.39. The number of H-pyrrole nitrogens is 1. The Bertz CT molecular complexity index is 525. The molecule has 0 bridgehead atoms. The maximum absolute atomic E-state index is 11.4. The topological polar surface area (TPSA) is 107 Å². The minimum absolute atomic E-state index is 0.168. The largest absolute Gasteiger partial charge is 0.351 e. The summed E-state index contributed by atoms with van der Waals surface area (Å²) in [6, 6.07) is -0.867. The summed E-state index contributed by atoms with van der Waals surface area (Å²) in [5, 5.41) is 6.04. The molecule has 7 nitrogen and oxygen atoms in total. The van der Waals surface area contributed by atoms with Gasteiger partial charge in [-0.15, -0.1) is 0 Å².